The van der Waals surface area contributed by atoms with Crippen LogP contribution in [0.1, 0.15) is 39.1 Å². The molecule has 2 aromatic carbocycles. The number of amides is 2. The van der Waals surface area contributed by atoms with Crippen molar-refractivity contribution in [2.45, 2.75) is 25.4 Å². The number of hydrogen-bond donors (Lipinski definition) is 1. The summed E-state index contributed by atoms with van der Waals surface area (Å²) in [4.78, 5) is 25.9. The highest BCUT2D eigenvalue weighted by atomic mass is 127. The number of benzene rings is 2. The van der Waals surface area contributed by atoms with E-state index in [2.05, 4.69) is 22.6 Å². The molecule has 1 fully saturated rings. The Hall–Kier alpha value is -1.89. The second-order valence-corrected chi connectivity index (χ2v) is 6.98. The maximum absolute atomic E-state index is 12.8. The zero-order chi connectivity index (χ0) is 16.4. The Morgan fingerprint density at radius 2 is 1.78 bits per heavy atom. The van der Waals surface area contributed by atoms with Gasteiger partial charge in [-0.05, 0) is 71.3 Å². The summed E-state index contributed by atoms with van der Waals surface area (Å²) < 4.78 is 1.05. The first-order valence-electron chi connectivity index (χ1n) is 7.50. The van der Waals surface area contributed by atoms with Crippen LogP contribution < -0.4 is 5.73 Å². The molecule has 2 N–H and O–H groups in total. The minimum absolute atomic E-state index is 0.0602. The van der Waals surface area contributed by atoms with E-state index in [4.69, 9.17) is 5.73 Å². The van der Waals surface area contributed by atoms with Crippen LogP contribution in [0.25, 0.3) is 0 Å². The molecule has 118 valence electrons. The number of carbonyl (C=O) groups excluding carboxylic acids is 2. The molecule has 0 atom stereocenters. The van der Waals surface area contributed by atoms with Gasteiger partial charge in [-0.15, -0.1) is 0 Å². The summed E-state index contributed by atoms with van der Waals surface area (Å²) in [6.45, 7) is 0.550. The maximum Gasteiger partial charge on any atom is 0.254 e. The van der Waals surface area contributed by atoms with Gasteiger partial charge in [0.15, 0.2) is 0 Å². The smallest absolute Gasteiger partial charge is 0.254 e. The van der Waals surface area contributed by atoms with Crippen LogP contribution in [-0.4, -0.2) is 22.8 Å². The van der Waals surface area contributed by atoms with E-state index in [1.807, 2.05) is 41.3 Å². The van der Waals surface area contributed by atoms with Crippen LogP contribution in [0.3, 0.4) is 0 Å². The standard InChI is InChI=1S/C18H17IN2O2/c19-15-3-1-2-14(10-15)18(23)21(16-8-9-16)11-12-4-6-13(7-5-12)17(20)22/h1-7,10,16H,8-9,11H2,(H2,20,22). The number of carbonyl (C=O) groups is 2. The van der Waals surface area contributed by atoms with Gasteiger partial charge in [-0.3, -0.25) is 9.59 Å². The van der Waals surface area contributed by atoms with Gasteiger partial charge in [0, 0.05) is 27.3 Å². The van der Waals surface area contributed by atoms with Crippen molar-refractivity contribution in [3.63, 3.8) is 0 Å². The van der Waals surface area contributed by atoms with Crippen molar-refractivity contribution in [2.75, 3.05) is 0 Å². The van der Waals surface area contributed by atoms with Crippen LogP contribution in [0, 0.1) is 3.57 Å². The molecular formula is C18H17IN2O2. The zero-order valence-electron chi connectivity index (χ0n) is 12.5. The number of rotatable bonds is 5. The van der Waals surface area contributed by atoms with Crippen LogP contribution in [0.15, 0.2) is 48.5 Å². The fourth-order valence-electron chi connectivity index (χ4n) is 2.51. The normalized spacial score (nSPS) is 13.6. The quantitative estimate of drug-likeness (QED) is 0.756. The molecule has 5 heteroatoms. The number of nitrogens with zero attached hydrogens (tertiary/aromatic N) is 1. The van der Waals surface area contributed by atoms with Crippen molar-refractivity contribution in [1.82, 2.24) is 4.90 Å². The summed E-state index contributed by atoms with van der Waals surface area (Å²) in [6.07, 6.45) is 2.10. The molecule has 1 aliphatic rings. The molecule has 0 spiro atoms. The highest BCUT2D eigenvalue weighted by Gasteiger charge is 2.33. The second-order valence-electron chi connectivity index (χ2n) is 5.74. The second kappa shape index (κ2) is 6.70. The topological polar surface area (TPSA) is 63.4 Å². The summed E-state index contributed by atoms with van der Waals surface area (Å²) in [5.74, 6) is -0.379. The molecule has 23 heavy (non-hydrogen) atoms. The van der Waals surface area contributed by atoms with Gasteiger partial charge in [-0.2, -0.15) is 0 Å². The molecule has 4 nitrogen and oxygen atoms in total. The Bertz CT molecular complexity index is 739. The fraction of sp³-hybridized carbons (Fsp3) is 0.222. The van der Waals surface area contributed by atoms with Crippen LogP contribution in [0.4, 0.5) is 0 Å². The molecule has 0 heterocycles. The lowest BCUT2D eigenvalue weighted by Gasteiger charge is -2.23. The molecule has 2 aromatic rings. The Balaban J connectivity index is 1.79. The molecule has 1 saturated carbocycles. The van der Waals surface area contributed by atoms with Crippen molar-refractivity contribution in [2.24, 2.45) is 5.73 Å². The highest BCUT2D eigenvalue weighted by molar-refractivity contribution is 14.1. The lowest BCUT2D eigenvalue weighted by atomic mass is 10.1. The van der Waals surface area contributed by atoms with Gasteiger partial charge in [0.05, 0.1) is 0 Å². The maximum atomic E-state index is 12.8. The zero-order valence-corrected chi connectivity index (χ0v) is 14.7. The first-order chi connectivity index (χ1) is 11.0. The van der Waals surface area contributed by atoms with Gasteiger partial charge in [0.1, 0.15) is 0 Å². The van der Waals surface area contributed by atoms with Gasteiger partial charge in [-0.25, -0.2) is 0 Å². The Kier molecular flexibility index (Phi) is 4.66. The predicted molar refractivity (Wildman–Crippen MR) is 97.0 cm³/mol. The lowest BCUT2D eigenvalue weighted by Crippen LogP contribution is -2.32. The van der Waals surface area contributed by atoms with E-state index in [0.29, 0.717) is 18.2 Å². The number of halogens is 1. The molecule has 0 saturated heterocycles. The number of primary amides is 1. The fourth-order valence-corrected chi connectivity index (χ4v) is 3.05. The van der Waals surface area contributed by atoms with Crippen molar-refractivity contribution in [3.05, 3.63) is 68.8 Å². The van der Waals surface area contributed by atoms with Crippen LogP contribution in [-0.2, 0) is 6.54 Å². The van der Waals surface area contributed by atoms with Gasteiger partial charge >= 0.3 is 0 Å². The van der Waals surface area contributed by atoms with Gasteiger partial charge in [0.25, 0.3) is 5.91 Å². The van der Waals surface area contributed by atoms with Crippen LogP contribution >= 0.6 is 22.6 Å². The van der Waals surface area contributed by atoms with E-state index in [1.54, 1.807) is 12.1 Å². The largest absolute Gasteiger partial charge is 0.366 e. The first-order valence-corrected chi connectivity index (χ1v) is 8.58. The molecule has 3 rings (SSSR count). The molecule has 1 aliphatic carbocycles. The molecule has 0 bridgehead atoms. The summed E-state index contributed by atoms with van der Waals surface area (Å²) >= 11 is 2.21. The van der Waals surface area contributed by atoms with E-state index in [1.165, 1.54) is 0 Å². The lowest BCUT2D eigenvalue weighted by molar-refractivity contribution is 0.0729. The average Bonchev–Trinajstić information content (AvgIpc) is 3.37. The van der Waals surface area contributed by atoms with E-state index in [0.717, 1.165) is 27.5 Å². The Labute approximate surface area is 148 Å². The molecule has 0 aliphatic heterocycles. The number of hydrogen-bond acceptors (Lipinski definition) is 2. The third-order valence-electron chi connectivity index (χ3n) is 3.91. The van der Waals surface area contributed by atoms with Crippen molar-refractivity contribution < 1.29 is 9.59 Å². The molecule has 0 radical (unpaired) electrons. The monoisotopic (exact) mass is 420 g/mol. The third-order valence-corrected chi connectivity index (χ3v) is 4.58. The van der Waals surface area contributed by atoms with E-state index in [9.17, 15) is 9.59 Å². The van der Waals surface area contributed by atoms with Crippen molar-refractivity contribution in [3.8, 4) is 0 Å². The Morgan fingerprint density at radius 3 is 2.35 bits per heavy atom. The molecule has 2 amide bonds. The van der Waals surface area contributed by atoms with Crippen LogP contribution in [0.5, 0.6) is 0 Å². The van der Waals surface area contributed by atoms with Crippen LogP contribution in [0.2, 0.25) is 0 Å². The van der Waals surface area contributed by atoms with E-state index >= 15 is 0 Å². The van der Waals surface area contributed by atoms with Crippen molar-refractivity contribution in [1.29, 1.82) is 0 Å². The summed E-state index contributed by atoms with van der Waals surface area (Å²) in [5.41, 5.74) is 7.46. The predicted octanol–water partition coefficient (Wildman–Crippen LogP) is 3.19. The molecule has 0 unspecified atom stereocenters. The minimum atomic E-state index is -0.439. The number of nitrogens with two attached hydrogens (primary N) is 1. The average molecular weight is 420 g/mol. The SMILES string of the molecule is NC(=O)c1ccc(CN(C(=O)c2cccc(I)c2)C2CC2)cc1. The highest BCUT2D eigenvalue weighted by Crippen LogP contribution is 2.30. The Morgan fingerprint density at radius 1 is 1.09 bits per heavy atom. The first kappa shape index (κ1) is 16.0. The molecular weight excluding hydrogens is 403 g/mol. The summed E-state index contributed by atoms with van der Waals surface area (Å²) in [5, 5.41) is 0. The van der Waals surface area contributed by atoms with E-state index in [-0.39, 0.29) is 5.91 Å². The third kappa shape index (κ3) is 3.90. The van der Waals surface area contributed by atoms with Gasteiger partial charge in [-0.1, -0.05) is 18.2 Å². The van der Waals surface area contributed by atoms with E-state index < -0.39 is 5.91 Å². The van der Waals surface area contributed by atoms with Gasteiger partial charge < -0.3 is 10.6 Å². The minimum Gasteiger partial charge on any atom is -0.366 e. The summed E-state index contributed by atoms with van der Waals surface area (Å²) in [7, 11) is 0. The van der Waals surface area contributed by atoms with Gasteiger partial charge in [0.2, 0.25) is 5.91 Å². The summed E-state index contributed by atoms with van der Waals surface area (Å²) in [6, 6.07) is 15.1. The van der Waals surface area contributed by atoms with Crippen molar-refractivity contribution >= 4 is 34.4 Å². The molecule has 0 aromatic heterocycles.